The fraction of sp³-hybridized carbons (Fsp3) is 0.250. The summed E-state index contributed by atoms with van der Waals surface area (Å²) < 4.78 is 1.79. The molecule has 0 spiro atoms. The first-order valence-corrected chi connectivity index (χ1v) is 5.08. The minimum Gasteiger partial charge on any atom is -0.298 e. The molecule has 0 bridgehead atoms. The lowest BCUT2D eigenvalue weighted by Crippen LogP contribution is -2.02. The predicted molar refractivity (Wildman–Crippen MR) is 61.0 cm³/mol. The first-order valence-electron chi connectivity index (χ1n) is 5.08. The molecule has 0 saturated heterocycles. The van der Waals surface area contributed by atoms with Gasteiger partial charge in [-0.15, -0.1) is 0 Å². The molecular formula is C12H13N3O. The number of hydrogen-bond donors (Lipinski definition) is 0. The third-order valence-electron chi connectivity index (χ3n) is 2.46. The average Bonchev–Trinajstić information content (AvgIpc) is 2.57. The summed E-state index contributed by atoms with van der Waals surface area (Å²) in [6, 6.07) is 5.52. The Balaban J connectivity index is 2.56. The van der Waals surface area contributed by atoms with E-state index in [2.05, 4.69) is 10.1 Å². The molecule has 0 unspecified atom stereocenters. The highest BCUT2D eigenvalue weighted by Gasteiger charge is 2.07. The number of hydrogen-bond acceptors (Lipinski definition) is 3. The van der Waals surface area contributed by atoms with Crippen molar-refractivity contribution >= 4 is 6.29 Å². The molecule has 1 aromatic heterocycles. The van der Waals surface area contributed by atoms with E-state index in [1.165, 1.54) is 0 Å². The number of rotatable bonds is 2. The first kappa shape index (κ1) is 10.5. The number of carbonyl (C=O) groups is 1. The maximum Gasteiger partial charge on any atom is 0.150 e. The van der Waals surface area contributed by atoms with Crippen LogP contribution in [-0.2, 0) is 0 Å². The van der Waals surface area contributed by atoms with Crippen LogP contribution in [0.5, 0.6) is 0 Å². The molecule has 1 heterocycles. The van der Waals surface area contributed by atoms with Crippen LogP contribution in [0, 0.1) is 20.8 Å². The Morgan fingerprint density at radius 1 is 1.25 bits per heavy atom. The van der Waals surface area contributed by atoms with Gasteiger partial charge in [0.2, 0.25) is 0 Å². The molecule has 4 heteroatoms. The van der Waals surface area contributed by atoms with Crippen molar-refractivity contribution < 1.29 is 4.79 Å². The molecule has 0 aliphatic carbocycles. The molecule has 0 amide bonds. The van der Waals surface area contributed by atoms with Gasteiger partial charge in [0.05, 0.1) is 5.69 Å². The van der Waals surface area contributed by atoms with Crippen molar-refractivity contribution in [1.29, 1.82) is 0 Å². The van der Waals surface area contributed by atoms with Gasteiger partial charge in [0, 0.05) is 5.56 Å². The maximum absolute atomic E-state index is 10.6. The van der Waals surface area contributed by atoms with Gasteiger partial charge >= 0.3 is 0 Å². The Kier molecular flexibility index (Phi) is 2.56. The summed E-state index contributed by atoms with van der Waals surface area (Å²) in [5, 5.41) is 4.31. The van der Waals surface area contributed by atoms with E-state index in [-0.39, 0.29) is 0 Å². The van der Waals surface area contributed by atoms with Crippen molar-refractivity contribution in [3.63, 3.8) is 0 Å². The van der Waals surface area contributed by atoms with Crippen LogP contribution in [-0.4, -0.2) is 21.1 Å². The van der Waals surface area contributed by atoms with Gasteiger partial charge in [-0.2, -0.15) is 5.10 Å². The maximum atomic E-state index is 10.6. The molecule has 0 aliphatic rings. The average molecular weight is 215 g/mol. The van der Waals surface area contributed by atoms with E-state index in [4.69, 9.17) is 0 Å². The van der Waals surface area contributed by atoms with Gasteiger partial charge in [-0.3, -0.25) is 4.79 Å². The zero-order chi connectivity index (χ0) is 11.7. The summed E-state index contributed by atoms with van der Waals surface area (Å²) >= 11 is 0. The van der Waals surface area contributed by atoms with Gasteiger partial charge in [0.25, 0.3) is 0 Å². The van der Waals surface area contributed by atoms with E-state index < -0.39 is 0 Å². The minimum atomic E-state index is 0.677. The van der Waals surface area contributed by atoms with E-state index in [0.29, 0.717) is 5.56 Å². The van der Waals surface area contributed by atoms with Crippen LogP contribution >= 0.6 is 0 Å². The highest BCUT2D eigenvalue weighted by atomic mass is 16.1. The third kappa shape index (κ3) is 1.74. The highest BCUT2D eigenvalue weighted by molar-refractivity contribution is 5.75. The minimum absolute atomic E-state index is 0.677. The summed E-state index contributed by atoms with van der Waals surface area (Å²) in [5.41, 5.74) is 2.65. The number of benzene rings is 1. The van der Waals surface area contributed by atoms with Crippen LogP contribution in [0.4, 0.5) is 0 Å². The number of carbonyl (C=O) groups excluding carboxylic acids is 1. The van der Waals surface area contributed by atoms with E-state index in [0.717, 1.165) is 29.2 Å². The molecule has 0 saturated carbocycles. The molecule has 0 radical (unpaired) electrons. The van der Waals surface area contributed by atoms with Gasteiger partial charge in [0.1, 0.15) is 17.9 Å². The normalized spacial score (nSPS) is 10.4. The summed E-state index contributed by atoms with van der Waals surface area (Å²) in [6.45, 7) is 5.73. The monoisotopic (exact) mass is 215 g/mol. The Morgan fingerprint density at radius 3 is 2.50 bits per heavy atom. The summed E-state index contributed by atoms with van der Waals surface area (Å²) in [6.07, 6.45) is 0.843. The molecule has 0 fully saturated rings. The van der Waals surface area contributed by atoms with Gasteiger partial charge in [0.15, 0.2) is 0 Å². The summed E-state index contributed by atoms with van der Waals surface area (Å²) in [7, 11) is 0. The van der Waals surface area contributed by atoms with Crippen LogP contribution in [0.3, 0.4) is 0 Å². The molecule has 0 N–H and O–H groups in total. The van der Waals surface area contributed by atoms with Crippen LogP contribution in [0.1, 0.15) is 27.6 Å². The van der Waals surface area contributed by atoms with Crippen molar-refractivity contribution in [3.05, 3.63) is 41.0 Å². The second kappa shape index (κ2) is 3.89. The standard InChI is InChI=1S/C12H13N3O/c1-8-6-11(7-16)4-5-12(8)15-10(3)13-9(2)14-15/h4-7H,1-3H3. The third-order valence-corrected chi connectivity index (χ3v) is 2.46. The second-order valence-electron chi connectivity index (χ2n) is 3.78. The molecule has 82 valence electrons. The predicted octanol–water partition coefficient (Wildman–Crippen LogP) is 2.01. The fourth-order valence-electron chi connectivity index (χ4n) is 1.74. The van der Waals surface area contributed by atoms with Crippen LogP contribution in [0.25, 0.3) is 5.69 Å². The summed E-state index contributed by atoms with van der Waals surface area (Å²) in [4.78, 5) is 14.9. The van der Waals surface area contributed by atoms with E-state index in [1.807, 2.05) is 32.9 Å². The Bertz CT molecular complexity index is 543. The first-order chi connectivity index (χ1) is 7.61. The molecule has 2 aromatic rings. The molecular weight excluding hydrogens is 202 g/mol. The van der Waals surface area contributed by atoms with Crippen LogP contribution < -0.4 is 0 Å². The Hall–Kier alpha value is -1.97. The second-order valence-corrected chi connectivity index (χ2v) is 3.78. The van der Waals surface area contributed by atoms with E-state index >= 15 is 0 Å². The number of aldehydes is 1. The molecule has 4 nitrogen and oxygen atoms in total. The molecule has 16 heavy (non-hydrogen) atoms. The van der Waals surface area contributed by atoms with Gasteiger partial charge in [-0.25, -0.2) is 9.67 Å². The van der Waals surface area contributed by atoms with Gasteiger partial charge in [-0.1, -0.05) is 0 Å². The topological polar surface area (TPSA) is 47.8 Å². The van der Waals surface area contributed by atoms with Gasteiger partial charge in [-0.05, 0) is 44.5 Å². The van der Waals surface area contributed by atoms with E-state index in [1.54, 1.807) is 10.7 Å². The molecule has 1 aromatic carbocycles. The van der Waals surface area contributed by atoms with E-state index in [9.17, 15) is 4.79 Å². The van der Waals surface area contributed by atoms with Crippen molar-refractivity contribution in [2.75, 3.05) is 0 Å². The van der Waals surface area contributed by atoms with Crippen molar-refractivity contribution in [1.82, 2.24) is 14.8 Å². The zero-order valence-electron chi connectivity index (χ0n) is 9.56. The molecule has 0 atom stereocenters. The lowest BCUT2D eigenvalue weighted by molar-refractivity contribution is 0.112. The summed E-state index contributed by atoms with van der Waals surface area (Å²) in [5.74, 6) is 1.59. The van der Waals surface area contributed by atoms with Gasteiger partial charge < -0.3 is 0 Å². The van der Waals surface area contributed by atoms with Crippen molar-refractivity contribution in [2.45, 2.75) is 20.8 Å². The van der Waals surface area contributed by atoms with Crippen LogP contribution in [0.2, 0.25) is 0 Å². The SMILES string of the molecule is Cc1nc(C)n(-c2ccc(C=O)cc2C)n1. The van der Waals surface area contributed by atoms with Crippen LogP contribution in [0.15, 0.2) is 18.2 Å². The smallest absolute Gasteiger partial charge is 0.150 e. The number of aryl methyl sites for hydroxylation is 3. The largest absolute Gasteiger partial charge is 0.298 e. The van der Waals surface area contributed by atoms with Crippen molar-refractivity contribution in [2.24, 2.45) is 0 Å². The Labute approximate surface area is 93.9 Å². The van der Waals surface area contributed by atoms with Crippen molar-refractivity contribution in [3.8, 4) is 5.69 Å². The molecule has 0 aliphatic heterocycles. The Morgan fingerprint density at radius 2 is 2.00 bits per heavy atom. The lowest BCUT2D eigenvalue weighted by atomic mass is 10.1. The fourth-order valence-corrected chi connectivity index (χ4v) is 1.74. The lowest BCUT2D eigenvalue weighted by Gasteiger charge is -2.07. The highest BCUT2D eigenvalue weighted by Crippen LogP contribution is 2.15. The zero-order valence-corrected chi connectivity index (χ0v) is 9.56. The number of aromatic nitrogens is 3. The quantitative estimate of drug-likeness (QED) is 0.720. The molecule has 2 rings (SSSR count). The number of nitrogens with zero attached hydrogens (tertiary/aromatic N) is 3.